The van der Waals surface area contributed by atoms with Crippen LogP contribution >= 0.6 is 15.6 Å². The van der Waals surface area contributed by atoms with E-state index in [9.17, 15) is 57.3 Å². The normalized spacial score (nSPS) is 25.4. The minimum Gasteiger partial charge on any atom is -0.456 e. The number of nitrogens with zero attached hydrogens (tertiary/aromatic N) is 2. The van der Waals surface area contributed by atoms with Crippen molar-refractivity contribution in [3.63, 3.8) is 0 Å². The van der Waals surface area contributed by atoms with Gasteiger partial charge < -0.3 is 55.1 Å². The summed E-state index contributed by atoms with van der Waals surface area (Å²) in [6, 6.07) is 4.08. The number of alkyl carbamates (subject to hydrolysis) is 1. The molecule has 0 aliphatic carbocycles. The summed E-state index contributed by atoms with van der Waals surface area (Å²) in [7, 11) is -6.96. The van der Waals surface area contributed by atoms with Gasteiger partial charge in [0.05, 0.1) is 19.8 Å². The maximum absolute atomic E-state index is 14.3. The molecule has 1 aromatic rings. The molecular weight excluding hydrogens is 1120 g/mol. The van der Waals surface area contributed by atoms with Crippen molar-refractivity contribution in [3.8, 4) is 0 Å². The molecule has 0 saturated heterocycles. The van der Waals surface area contributed by atoms with Crippen LogP contribution in [0.3, 0.4) is 0 Å². The molecule has 1 aromatic carbocycles. The van der Waals surface area contributed by atoms with E-state index in [1.165, 1.54) is 45.8 Å². The highest BCUT2D eigenvalue weighted by atomic mass is 31.3. The quantitative estimate of drug-likeness (QED) is 0.0193. The van der Waals surface area contributed by atoms with Gasteiger partial charge in [0, 0.05) is 45.0 Å². The predicted molar refractivity (Wildman–Crippen MR) is 311 cm³/mol. The number of rotatable bonds is 24. The van der Waals surface area contributed by atoms with Crippen LogP contribution in [0.1, 0.15) is 152 Å². The molecule has 11 atom stereocenters. The first kappa shape index (κ1) is 73.6. The van der Waals surface area contributed by atoms with Crippen LogP contribution in [0, 0.1) is 17.8 Å². The minimum atomic E-state index is -4.92. The molecule has 24 nitrogen and oxygen atoms in total. The number of phosphoric ester groups is 2. The van der Waals surface area contributed by atoms with E-state index in [-0.39, 0.29) is 56.9 Å². The monoisotopic (exact) mass is 1210 g/mol. The second-order valence-corrected chi connectivity index (χ2v) is 24.7. The van der Waals surface area contributed by atoms with Crippen LogP contribution in [-0.2, 0) is 76.7 Å². The van der Waals surface area contributed by atoms with E-state index >= 15 is 0 Å². The van der Waals surface area contributed by atoms with Crippen LogP contribution in [0.5, 0.6) is 0 Å². The Morgan fingerprint density at radius 2 is 1.41 bits per heavy atom. The lowest BCUT2D eigenvalue weighted by Crippen LogP contribution is -2.57. The summed E-state index contributed by atoms with van der Waals surface area (Å²) in [6.45, 7) is 17.8. The van der Waals surface area contributed by atoms with Gasteiger partial charge in [0.15, 0.2) is 6.10 Å². The van der Waals surface area contributed by atoms with Crippen LogP contribution in [-0.4, -0.2) is 150 Å². The highest BCUT2D eigenvalue weighted by Gasteiger charge is 2.39. The molecule has 1 heterocycles. The molecule has 0 spiro atoms. The highest BCUT2D eigenvalue weighted by molar-refractivity contribution is 7.61. The van der Waals surface area contributed by atoms with Crippen molar-refractivity contribution >= 4 is 63.2 Å². The minimum absolute atomic E-state index is 0.0321. The van der Waals surface area contributed by atoms with Gasteiger partial charge in [-0.1, -0.05) is 123 Å². The fourth-order valence-corrected chi connectivity index (χ4v) is 10.8. The zero-order valence-corrected chi connectivity index (χ0v) is 52.6. The zero-order valence-electron chi connectivity index (χ0n) is 50.8. The number of allylic oxidation sites excluding steroid dienone is 1. The van der Waals surface area contributed by atoms with E-state index in [2.05, 4.69) is 25.6 Å². The lowest BCUT2D eigenvalue weighted by atomic mass is 9.90. The second-order valence-electron chi connectivity index (χ2n) is 21.7. The van der Waals surface area contributed by atoms with Gasteiger partial charge in [-0.15, -0.1) is 0 Å². The molecule has 0 radical (unpaired) electrons. The molecule has 0 saturated carbocycles. The molecule has 6 amide bonds. The first-order chi connectivity index (χ1) is 39.0. The highest BCUT2D eigenvalue weighted by Crippen LogP contribution is 2.60. The average Bonchev–Trinajstić information content (AvgIpc) is 3.49. The van der Waals surface area contributed by atoms with Crippen molar-refractivity contribution in [3.05, 3.63) is 59.2 Å². The SMILES string of the molecule is C/C=C(\C)C1OC(=O)[C@@H](C)NC(=O)[C@H](C(C)CC)NC(=O)CN(C)C(=O)[C@@H](Cc2ccccc2)N(C)C(=O)[C@H](C)NC(=O)[C@@H](CC(C)C)OC(=O)/C(C)=C/C[C@H](OC(=O)NCCCCCCOP(=O)(O)OP(=O)(O)OCCCCCC)[C@@H]1C. The van der Waals surface area contributed by atoms with E-state index in [1.54, 1.807) is 64.1 Å². The van der Waals surface area contributed by atoms with Crippen molar-refractivity contribution in [2.45, 2.75) is 196 Å². The van der Waals surface area contributed by atoms with Crippen LogP contribution in [0.4, 0.5) is 4.79 Å². The van der Waals surface area contributed by atoms with E-state index in [0.29, 0.717) is 43.2 Å². The van der Waals surface area contributed by atoms with Gasteiger partial charge in [-0.2, -0.15) is 4.31 Å². The zero-order chi connectivity index (χ0) is 62.6. The predicted octanol–water partition coefficient (Wildman–Crippen LogP) is 7.36. The summed E-state index contributed by atoms with van der Waals surface area (Å²) < 4.78 is 56.3. The molecule has 83 heavy (non-hydrogen) atoms. The molecule has 6 N–H and O–H groups in total. The Hall–Kier alpha value is -5.48. The Bertz CT molecular complexity index is 2440. The molecule has 0 bridgehead atoms. The van der Waals surface area contributed by atoms with Gasteiger partial charge in [0.1, 0.15) is 36.4 Å². The van der Waals surface area contributed by atoms with Crippen molar-refractivity contribution in [2.75, 3.05) is 40.4 Å². The lowest BCUT2D eigenvalue weighted by Gasteiger charge is -2.33. The van der Waals surface area contributed by atoms with Crippen LogP contribution in [0.15, 0.2) is 53.6 Å². The van der Waals surface area contributed by atoms with Crippen molar-refractivity contribution in [2.24, 2.45) is 17.8 Å². The molecule has 0 aromatic heterocycles. The van der Waals surface area contributed by atoms with Crippen molar-refractivity contribution < 1.29 is 84.8 Å². The number of nitrogens with one attached hydrogen (secondary N) is 4. The fourth-order valence-electron chi connectivity index (χ4n) is 8.71. The third-order valence-electron chi connectivity index (χ3n) is 14.1. The number of hydrogen-bond donors (Lipinski definition) is 6. The van der Waals surface area contributed by atoms with Gasteiger partial charge in [0.2, 0.25) is 23.6 Å². The summed E-state index contributed by atoms with van der Waals surface area (Å²) >= 11 is 0. The smallest absolute Gasteiger partial charge is 0.456 e. The molecule has 4 unspecified atom stereocenters. The maximum Gasteiger partial charge on any atom is 0.481 e. The number of carbonyl (C=O) groups is 8. The van der Waals surface area contributed by atoms with E-state index < -0.39 is 124 Å². The molecular formula is C57H94N6O18P2. The van der Waals surface area contributed by atoms with Gasteiger partial charge in [-0.25, -0.2) is 23.5 Å². The summed E-state index contributed by atoms with van der Waals surface area (Å²) in [4.78, 5) is 134. The van der Waals surface area contributed by atoms with Crippen LogP contribution in [0.2, 0.25) is 0 Å². The molecule has 2 rings (SSSR count). The van der Waals surface area contributed by atoms with Crippen LogP contribution in [0.25, 0.3) is 0 Å². The Kier molecular flexibility index (Phi) is 32.9. The molecule has 1 aliphatic rings. The Morgan fingerprint density at radius 1 is 0.819 bits per heavy atom. The number of cyclic esters (lactones) is 2. The second kappa shape index (κ2) is 37.1. The number of ether oxygens (including phenoxy) is 3. The van der Waals surface area contributed by atoms with Gasteiger partial charge >= 0.3 is 33.7 Å². The average molecular weight is 1210 g/mol. The lowest BCUT2D eigenvalue weighted by molar-refractivity contribution is -0.155. The summed E-state index contributed by atoms with van der Waals surface area (Å²) in [5, 5.41) is 10.7. The largest absolute Gasteiger partial charge is 0.481 e. The van der Waals surface area contributed by atoms with Crippen molar-refractivity contribution in [1.29, 1.82) is 0 Å². The third-order valence-corrected chi connectivity index (χ3v) is 16.8. The number of likely N-dealkylation sites (N-methyl/N-ethyl adjacent to an activating group) is 2. The number of amides is 6. The standard InChI is InChI=1S/C57H94N6O18P2/c1-14-17-18-25-32-76-82(72,73)81-83(74,75)77-33-26-20-19-24-31-58-57(71)79-46-30-29-40(8)55(69)78-47(34-37(4)5)51(65)59-42(10)53(67)63(13)45(35-44-27-22-21-23-28-44)54(68)62(12)36-48(64)61-49(38(6)15-2)52(66)60-43(11)56(70)80-50(41(46)9)39(7)16-3/h16,21-23,27-29,37-38,41-43,45-47,49-50H,14-15,17-20,24-26,30-36H2,1-13H3,(H,58,71)(H,59,65)(H,60,66)(H,61,64)(H,72,73)(H,74,75)/b39-16+,40-29+/t38?,41-,42-,43+,45+,46-,47+,49-,50?/m0/s1. The van der Waals surface area contributed by atoms with E-state index in [1.807, 2.05) is 27.7 Å². The van der Waals surface area contributed by atoms with Gasteiger partial charge in [-0.3, -0.25) is 33.0 Å². The fraction of sp³-hybridized carbons (Fsp3) is 0.684. The topological polar surface area (TPSA) is 321 Å². The first-order valence-electron chi connectivity index (χ1n) is 28.7. The first-order valence-corrected chi connectivity index (χ1v) is 31.7. The molecule has 26 heteroatoms. The molecule has 1 aliphatic heterocycles. The third kappa shape index (κ3) is 27.0. The number of hydrogen-bond acceptors (Lipinski definition) is 16. The Balaban J connectivity index is 2.47. The van der Waals surface area contributed by atoms with Crippen molar-refractivity contribution in [1.82, 2.24) is 31.1 Å². The number of benzene rings is 1. The Labute approximate surface area is 490 Å². The molecule has 470 valence electrons. The van der Waals surface area contributed by atoms with Gasteiger partial charge in [0.25, 0.3) is 5.91 Å². The summed E-state index contributed by atoms with van der Waals surface area (Å²) in [5.74, 6) is -6.62. The Morgan fingerprint density at radius 3 is 1.99 bits per heavy atom. The molecule has 0 fully saturated rings. The van der Waals surface area contributed by atoms with Crippen LogP contribution < -0.4 is 21.3 Å². The number of esters is 2. The van der Waals surface area contributed by atoms with E-state index in [4.69, 9.17) is 23.3 Å². The summed E-state index contributed by atoms with van der Waals surface area (Å²) in [5.41, 5.74) is 1.28. The van der Waals surface area contributed by atoms with E-state index in [0.717, 1.165) is 24.2 Å². The summed E-state index contributed by atoms with van der Waals surface area (Å²) in [6.07, 6.45) is 3.90. The number of carbonyl (C=O) groups excluding carboxylic acids is 8. The maximum atomic E-state index is 14.3. The number of unbranched alkanes of at least 4 members (excludes halogenated alkanes) is 6. The number of phosphoric acid groups is 2. The van der Waals surface area contributed by atoms with Gasteiger partial charge in [-0.05, 0) is 83.3 Å².